The summed E-state index contributed by atoms with van der Waals surface area (Å²) in [6.07, 6.45) is 8.41. The average Bonchev–Trinajstić information content (AvgIpc) is 3.38. The van der Waals surface area contributed by atoms with Gasteiger partial charge in [-0.2, -0.15) is 0 Å². The van der Waals surface area contributed by atoms with E-state index in [2.05, 4.69) is 46.1 Å². The Morgan fingerprint density at radius 1 is 1.39 bits per heavy atom. The molecule has 2 aromatic heterocycles. The van der Waals surface area contributed by atoms with Gasteiger partial charge < -0.3 is 14.5 Å². The molecule has 0 aliphatic carbocycles. The van der Waals surface area contributed by atoms with E-state index in [1.807, 2.05) is 6.92 Å². The normalized spacial score (nSPS) is 31.6. The Morgan fingerprint density at radius 3 is 3.14 bits per heavy atom. The number of aryl methyl sites for hydroxylation is 1. The van der Waals surface area contributed by atoms with Gasteiger partial charge in [0.05, 0.1) is 17.4 Å². The van der Waals surface area contributed by atoms with Gasteiger partial charge in [0.1, 0.15) is 5.65 Å². The summed E-state index contributed by atoms with van der Waals surface area (Å²) in [6, 6.07) is 4.19. The van der Waals surface area contributed by atoms with Crippen LogP contribution in [-0.2, 0) is 16.1 Å². The monoisotopic (exact) mass is 382 g/mol. The van der Waals surface area contributed by atoms with Gasteiger partial charge in [-0.15, -0.1) is 0 Å². The summed E-state index contributed by atoms with van der Waals surface area (Å²) in [7, 11) is 0. The lowest BCUT2D eigenvalue weighted by Crippen LogP contribution is -2.41. The van der Waals surface area contributed by atoms with Gasteiger partial charge in [-0.05, 0) is 37.8 Å². The van der Waals surface area contributed by atoms with Crippen molar-refractivity contribution in [2.45, 2.75) is 57.8 Å². The molecular formula is C22H30N4O2. The molecule has 3 aliphatic heterocycles. The molecule has 150 valence electrons. The van der Waals surface area contributed by atoms with E-state index in [4.69, 9.17) is 9.72 Å². The number of carbonyl (C=O) groups is 1. The molecule has 3 saturated heterocycles. The fourth-order valence-electron chi connectivity index (χ4n) is 5.69. The molecule has 3 aliphatic rings. The lowest BCUT2D eigenvalue weighted by Gasteiger charge is -2.29. The number of nitrogens with one attached hydrogen (secondary N) is 1. The van der Waals surface area contributed by atoms with Gasteiger partial charge in [-0.1, -0.05) is 13.0 Å². The largest absolute Gasteiger partial charge is 0.370 e. The van der Waals surface area contributed by atoms with Crippen molar-refractivity contribution in [2.75, 3.05) is 19.6 Å². The molecule has 2 bridgehead atoms. The summed E-state index contributed by atoms with van der Waals surface area (Å²) in [5.74, 6) is 1.14. The van der Waals surface area contributed by atoms with E-state index >= 15 is 0 Å². The number of pyridine rings is 1. The first-order valence-electron chi connectivity index (χ1n) is 10.7. The summed E-state index contributed by atoms with van der Waals surface area (Å²) in [5, 5.41) is 3.15. The second kappa shape index (κ2) is 6.85. The number of hydrogen-bond donors (Lipinski definition) is 1. The van der Waals surface area contributed by atoms with Crippen molar-refractivity contribution in [3.63, 3.8) is 0 Å². The molecule has 3 fully saturated rings. The van der Waals surface area contributed by atoms with Crippen LogP contribution in [0.15, 0.2) is 24.5 Å². The fraction of sp³-hybridized carbons (Fsp3) is 0.636. The number of carbonyl (C=O) groups excluding carboxylic acids is 1. The van der Waals surface area contributed by atoms with Gasteiger partial charge in [0.15, 0.2) is 0 Å². The van der Waals surface area contributed by atoms with E-state index in [-0.39, 0.29) is 11.5 Å². The van der Waals surface area contributed by atoms with Crippen LogP contribution in [0.3, 0.4) is 0 Å². The second-order valence-electron chi connectivity index (χ2n) is 8.96. The maximum Gasteiger partial charge on any atom is 0.219 e. The fourth-order valence-corrected chi connectivity index (χ4v) is 5.69. The zero-order valence-corrected chi connectivity index (χ0v) is 16.9. The molecule has 1 spiro atoms. The minimum absolute atomic E-state index is 0.000559. The summed E-state index contributed by atoms with van der Waals surface area (Å²) in [6.45, 7) is 7.80. The zero-order chi connectivity index (χ0) is 19.3. The minimum Gasteiger partial charge on any atom is -0.370 e. The quantitative estimate of drug-likeness (QED) is 0.834. The third-order valence-corrected chi connectivity index (χ3v) is 6.90. The van der Waals surface area contributed by atoms with E-state index in [1.54, 1.807) is 0 Å². The van der Waals surface area contributed by atoms with E-state index < -0.39 is 0 Å². The van der Waals surface area contributed by atoms with Crippen LogP contribution >= 0.6 is 0 Å². The molecule has 28 heavy (non-hydrogen) atoms. The number of rotatable bonds is 6. The first-order valence-corrected chi connectivity index (χ1v) is 10.7. The number of amides is 1. The smallest absolute Gasteiger partial charge is 0.219 e. The van der Waals surface area contributed by atoms with Crippen molar-refractivity contribution >= 4 is 11.6 Å². The molecule has 5 heterocycles. The van der Waals surface area contributed by atoms with Crippen LogP contribution in [0.1, 0.15) is 43.9 Å². The molecule has 4 atom stereocenters. The second-order valence-corrected chi connectivity index (χ2v) is 8.96. The van der Waals surface area contributed by atoms with Gasteiger partial charge in [-0.3, -0.25) is 9.69 Å². The Kier molecular flexibility index (Phi) is 4.43. The van der Waals surface area contributed by atoms with Crippen LogP contribution in [0.2, 0.25) is 0 Å². The summed E-state index contributed by atoms with van der Waals surface area (Å²) >= 11 is 0. The Bertz CT molecular complexity index is 894. The Labute approximate surface area is 166 Å². The highest BCUT2D eigenvalue weighted by Gasteiger charge is 2.62. The first-order chi connectivity index (χ1) is 13.6. The molecule has 2 aromatic rings. The molecule has 6 nitrogen and oxygen atoms in total. The number of likely N-dealkylation sites (tertiary alicyclic amines) is 1. The van der Waals surface area contributed by atoms with E-state index in [9.17, 15) is 4.79 Å². The maximum absolute atomic E-state index is 11.9. The van der Waals surface area contributed by atoms with Crippen LogP contribution in [0.25, 0.3) is 5.65 Å². The maximum atomic E-state index is 11.9. The highest BCUT2D eigenvalue weighted by molar-refractivity contribution is 5.75. The molecular weight excluding hydrogens is 352 g/mol. The molecule has 1 amide bonds. The molecule has 0 unspecified atom stereocenters. The summed E-state index contributed by atoms with van der Waals surface area (Å²) in [5.41, 5.74) is 3.36. The van der Waals surface area contributed by atoms with Gasteiger partial charge >= 0.3 is 0 Å². The van der Waals surface area contributed by atoms with Crippen molar-refractivity contribution in [1.29, 1.82) is 0 Å². The van der Waals surface area contributed by atoms with E-state index in [0.717, 1.165) is 56.8 Å². The van der Waals surface area contributed by atoms with Crippen molar-refractivity contribution in [1.82, 2.24) is 19.6 Å². The SMILES string of the molecule is CCCC(=O)NC[C@H]1[C@H]2CN(Cc3cn4cc(C)ccc4n3)C[C@]23CC[C@H]1O3. The van der Waals surface area contributed by atoms with Gasteiger partial charge in [0.2, 0.25) is 5.91 Å². The Morgan fingerprint density at radius 2 is 2.29 bits per heavy atom. The standard InChI is InChI=1S/C22H30N4O2/c1-3-4-21(27)23-9-17-18-13-25(14-22(18)8-7-19(17)28-22)11-16-12-26-10-15(2)5-6-20(26)24-16/h5-6,10,12,17-19H,3-4,7-9,11,13-14H2,1-2H3,(H,23,27)/t17-,18+,19+,22+/m0/s1. The van der Waals surface area contributed by atoms with Gasteiger partial charge in [0, 0.05) is 56.8 Å². The van der Waals surface area contributed by atoms with Gasteiger partial charge in [-0.25, -0.2) is 4.98 Å². The van der Waals surface area contributed by atoms with Crippen LogP contribution in [0.4, 0.5) is 0 Å². The molecule has 0 radical (unpaired) electrons. The Balaban J connectivity index is 1.27. The molecule has 5 rings (SSSR count). The minimum atomic E-state index is 0.000559. The third kappa shape index (κ3) is 3.03. The summed E-state index contributed by atoms with van der Waals surface area (Å²) < 4.78 is 8.63. The molecule has 0 aromatic carbocycles. The zero-order valence-electron chi connectivity index (χ0n) is 16.9. The number of aromatic nitrogens is 2. The molecule has 6 heteroatoms. The predicted molar refractivity (Wildman–Crippen MR) is 107 cm³/mol. The lowest BCUT2D eigenvalue weighted by atomic mass is 9.73. The van der Waals surface area contributed by atoms with Crippen LogP contribution in [0, 0.1) is 18.8 Å². The summed E-state index contributed by atoms with van der Waals surface area (Å²) in [4.78, 5) is 19.2. The highest BCUT2D eigenvalue weighted by atomic mass is 16.5. The van der Waals surface area contributed by atoms with Crippen molar-refractivity contribution in [3.05, 3.63) is 35.8 Å². The predicted octanol–water partition coefficient (Wildman–Crippen LogP) is 2.54. The number of ether oxygens (including phenoxy) is 1. The Hall–Kier alpha value is -1.92. The third-order valence-electron chi connectivity index (χ3n) is 6.90. The topological polar surface area (TPSA) is 58.9 Å². The number of nitrogens with zero attached hydrogens (tertiary/aromatic N) is 3. The van der Waals surface area contributed by atoms with Crippen LogP contribution in [-0.4, -0.2) is 51.5 Å². The van der Waals surface area contributed by atoms with Crippen molar-refractivity contribution in [3.8, 4) is 0 Å². The number of imidazole rings is 1. The molecule has 0 saturated carbocycles. The van der Waals surface area contributed by atoms with Crippen LogP contribution in [0.5, 0.6) is 0 Å². The number of fused-ring (bicyclic) bond motifs is 2. The van der Waals surface area contributed by atoms with Gasteiger partial charge in [0.25, 0.3) is 0 Å². The van der Waals surface area contributed by atoms with Crippen molar-refractivity contribution < 1.29 is 9.53 Å². The highest BCUT2D eigenvalue weighted by Crippen LogP contribution is 2.54. The first kappa shape index (κ1) is 18.1. The van der Waals surface area contributed by atoms with Crippen molar-refractivity contribution in [2.24, 2.45) is 11.8 Å². The molecule has 1 N–H and O–H groups in total. The average molecular weight is 383 g/mol. The lowest BCUT2D eigenvalue weighted by molar-refractivity contribution is -0.121. The number of hydrogen-bond acceptors (Lipinski definition) is 4. The van der Waals surface area contributed by atoms with Crippen LogP contribution < -0.4 is 5.32 Å². The van der Waals surface area contributed by atoms with E-state index in [1.165, 1.54) is 5.56 Å². The van der Waals surface area contributed by atoms with E-state index in [0.29, 0.717) is 24.4 Å².